The smallest absolute Gasteiger partial charge is 0.238 e. The van der Waals surface area contributed by atoms with E-state index < -0.39 is 0 Å². The van der Waals surface area contributed by atoms with Crippen molar-refractivity contribution in [2.45, 2.75) is 31.7 Å². The summed E-state index contributed by atoms with van der Waals surface area (Å²) in [4.78, 5) is 14.9. The first-order valence-electron chi connectivity index (χ1n) is 7.55. The lowest BCUT2D eigenvalue weighted by Crippen LogP contribution is -2.36. The lowest BCUT2D eigenvalue weighted by molar-refractivity contribution is -0.117. The molecule has 1 aromatic rings. The second-order valence-corrected chi connectivity index (χ2v) is 6.54. The number of rotatable bonds is 7. The molecule has 2 aliphatic carbocycles. The molecule has 1 amide bonds. The van der Waals surface area contributed by atoms with E-state index in [2.05, 4.69) is 10.2 Å². The van der Waals surface area contributed by atoms with Gasteiger partial charge in [-0.05, 0) is 43.7 Å². The third-order valence-corrected chi connectivity index (χ3v) is 4.27. The molecule has 0 saturated heterocycles. The molecule has 21 heavy (non-hydrogen) atoms. The predicted octanol–water partition coefficient (Wildman–Crippen LogP) is 2.13. The lowest BCUT2D eigenvalue weighted by Gasteiger charge is -2.21. The van der Waals surface area contributed by atoms with Gasteiger partial charge in [0, 0.05) is 23.8 Å². The molecular weight excluding hydrogens is 282 g/mol. The Hall–Kier alpha value is -1.46. The fourth-order valence-corrected chi connectivity index (χ4v) is 2.68. The maximum atomic E-state index is 12.2. The molecule has 3 N–H and O–H groups in total. The average molecular weight is 303 g/mol. The van der Waals surface area contributed by atoms with E-state index in [4.69, 9.17) is 18.0 Å². The molecule has 4 nitrogen and oxygen atoms in total. The van der Waals surface area contributed by atoms with Crippen LogP contribution in [-0.2, 0) is 4.79 Å². The molecule has 0 aliphatic heterocycles. The van der Waals surface area contributed by atoms with E-state index in [1.54, 1.807) is 0 Å². The Morgan fingerprint density at radius 3 is 2.71 bits per heavy atom. The van der Waals surface area contributed by atoms with Crippen molar-refractivity contribution in [1.29, 1.82) is 0 Å². The Morgan fingerprint density at radius 1 is 1.33 bits per heavy atom. The number of carbonyl (C=O) groups is 1. The van der Waals surface area contributed by atoms with Crippen LogP contribution in [0.15, 0.2) is 24.3 Å². The highest BCUT2D eigenvalue weighted by atomic mass is 32.1. The minimum Gasteiger partial charge on any atom is -0.389 e. The second kappa shape index (κ2) is 6.12. The van der Waals surface area contributed by atoms with Crippen molar-refractivity contribution in [1.82, 2.24) is 4.90 Å². The largest absolute Gasteiger partial charge is 0.389 e. The molecular formula is C16H21N3OS. The molecule has 0 radical (unpaired) electrons. The number of hydrogen-bond donors (Lipinski definition) is 2. The Labute approximate surface area is 130 Å². The van der Waals surface area contributed by atoms with E-state index >= 15 is 0 Å². The molecule has 3 rings (SSSR count). The minimum atomic E-state index is 0.0441. The van der Waals surface area contributed by atoms with Crippen LogP contribution in [-0.4, -0.2) is 34.9 Å². The zero-order valence-corrected chi connectivity index (χ0v) is 12.9. The Kier molecular flexibility index (Phi) is 4.22. The van der Waals surface area contributed by atoms with Crippen LogP contribution in [0.5, 0.6) is 0 Å². The summed E-state index contributed by atoms with van der Waals surface area (Å²) in [6.45, 7) is 1.56. The third kappa shape index (κ3) is 4.25. The molecule has 0 heterocycles. The molecule has 0 atom stereocenters. The van der Waals surface area contributed by atoms with Gasteiger partial charge < -0.3 is 11.1 Å². The topological polar surface area (TPSA) is 58.4 Å². The molecule has 112 valence electrons. The lowest BCUT2D eigenvalue weighted by atomic mass is 10.2. The number of hydrogen-bond acceptors (Lipinski definition) is 3. The van der Waals surface area contributed by atoms with Gasteiger partial charge in [-0.25, -0.2) is 0 Å². The van der Waals surface area contributed by atoms with Crippen molar-refractivity contribution < 1.29 is 4.79 Å². The van der Waals surface area contributed by atoms with Crippen LogP contribution in [0, 0.1) is 5.92 Å². The normalized spacial score (nSPS) is 17.8. The SMILES string of the molecule is NC(=S)c1cccc(NC(=O)CN(CC2CC2)C2CC2)c1. The van der Waals surface area contributed by atoms with Crippen molar-refractivity contribution in [3.8, 4) is 0 Å². The van der Waals surface area contributed by atoms with Gasteiger partial charge in [-0.3, -0.25) is 9.69 Å². The maximum absolute atomic E-state index is 12.2. The van der Waals surface area contributed by atoms with Crippen molar-refractivity contribution in [3.63, 3.8) is 0 Å². The third-order valence-electron chi connectivity index (χ3n) is 4.03. The Morgan fingerprint density at radius 2 is 2.10 bits per heavy atom. The van der Waals surface area contributed by atoms with Gasteiger partial charge >= 0.3 is 0 Å². The van der Waals surface area contributed by atoms with Gasteiger partial charge in [0.2, 0.25) is 5.91 Å². The van der Waals surface area contributed by atoms with Gasteiger partial charge in [-0.15, -0.1) is 0 Å². The maximum Gasteiger partial charge on any atom is 0.238 e. The number of nitrogens with two attached hydrogens (primary N) is 1. The first-order valence-corrected chi connectivity index (χ1v) is 7.96. The number of nitrogens with one attached hydrogen (secondary N) is 1. The van der Waals surface area contributed by atoms with Gasteiger partial charge in [0.15, 0.2) is 0 Å². The predicted molar refractivity (Wildman–Crippen MR) is 88.3 cm³/mol. The summed E-state index contributed by atoms with van der Waals surface area (Å²) in [7, 11) is 0. The standard InChI is InChI=1S/C16H21N3OS/c17-16(21)12-2-1-3-13(8-12)18-15(20)10-19(14-6-7-14)9-11-4-5-11/h1-3,8,11,14H,4-7,9-10H2,(H2,17,21)(H,18,20). The zero-order chi connectivity index (χ0) is 14.8. The van der Waals surface area contributed by atoms with Gasteiger partial charge in [-0.2, -0.15) is 0 Å². The highest BCUT2D eigenvalue weighted by Gasteiger charge is 2.34. The van der Waals surface area contributed by atoms with Crippen LogP contribution in [0.1, 0.15) is 31.2 Å². The number of nitrogens with zero attached hydrogens (tertiary/aromatic N) is 1. The van der Waals surface area contributed by atoms with E-state index in [1.807, 2.05) is 24.3 Å². The highest BCUT2D eigenvalue weighted by molar-refractivity contribution is 7.80. The molecule has 0 bridgehead atoms. The number of thiocarbonyl (C=S) groups is 1. The minimum absolute atomic E-state index is 0.0441. The van der Waals surface area contributed by atoms with Crippen LogP contribution in [0.4, 0.5) is 5.69 Å². The molecule has 0 spiro atoms. The Balaban J connectivity index is 1.57. The average Bonchev–Trinajstić information content (AvgIpc) is 3.31. The summed E-state index contributed by atoms with van der Waals surface area (Å²) in [6.07, 6.45) is 5.11. The quantitative estimate of drug-likeness (QED) is 0.758. The number of anilines is 1. The Bertz CT molecular complexity index is 552. The number of benzene rings is 1. The van der Waals surface area contributed by atoms with Crippen LogP contribution in [0.25, 0.3) is 0 Å². The summed E-state index contributed by atoms with van der Waals surface area (Å²) in [5.41, 5.74) is 7.15. The van der Waals surface area contributed by atoms with E-state index in [0.29, 0.717) is 17.6 Å². The molecule has 2 fully saturated rings. The first kappa shape index (κ1) is 14.5. The fourth-order valence-electron chi connectivity index (χ4n) is 2.55. The van der Waals surface area contributed by atoms with Gasteiger partial charge in [0.05, 0.1) is 6.54 Å². The van der Waals surface area contributed by atoms with E-state index in [-0.39, 0.29) is 5.91 Å². The van der Waals surface area contributed by atoms with Crippen LogP contribution < -0.4 is 11.1 Å². The van der Waals surface area contributed by atoms with Crippen LogP contribution >= 0.6 is 12.2 Å². The number of carbonyl (C=O) groups excluding carboxylic acids is 1. The summed E-state index contributed by atoms with van der Waals surface area (Å²) in [5.74, 6) is 0.860. The summed E-state index contributed by atoms with van der Waals surface area (Å²) >= 11 is 4.96. The van der Waals surface area contributed by atoms with Gasteiger partial charge in [0.1, 0.15) is 4.99 Å². The highest BCUT2D eigenvalue weighted by Crippen LogP contribution is 2.34. The van der Waals surface area contributed by atoms with Crippen molar-refractivity contribution in [2.75, 3.05) is 18.4 Å². The number of amides is 1. The molecule has 0 unspecified atom stereocenters. The van der Waals surface area contributed by atoms with Crippen LogP contribution in [0.2, 0.25) is 0 Å². The van der Waals surface area contributed by atoms with Gasteiger partial charge in [0.25, 0.3) is 0 Å². The summed E-state index contributed by atoms with van der Waals surface area (Å²) in [5, 5.41) is 2.95. The first-order chi connectivity index (χ1) is 10.1. The fraction of sp³-hybridized carbons (Fsp3) is 0.500. The monoisotopic (exact) mass is 303 g/mol. The zero-order valence-electron chi connectivity index (χ0n) is 12.0. The van der Waals surface area contributed by atoms with Crippen molar-refractivity contribution in [3.05, 3.63) is 29.8 Å². The summed E-state index contributed by atoms with van der Waals surface area (Å²) in [6, 6.07) is 8.01. The molecule has 2 aliphatic rings. The van der Waals surface area contributed by atoms with E-state index in [1.165, 1.54) is 25.7 Å². The molecule has 5 heteroatoms. The van der Waals surface area contributed by atoms with Crippen molar-refractivity contribution >= 4 is 28.8 Å². The van der Waals surface area contributed by atoms with Gasteiger partial charge in [-0.1, -0.05) is 24.4 Å². The van der Waals surface area contributed by atoms with E-state index in [0.717, 1.165) is 23.7 Å². The molecule has 2 saturated carbocycles. The van der Waals surface area contributed by atoms with Crippen molar-refractivity contribution in [2.24, 2.45) is 11.7 Å². The van der Waals surface area contributed by atoms with Crippen LogP contribution in [0.3, 0.4) is 0 Å². The molecule has 0 aromatic heterocycles. The second-order valence-electron chi connectivity index (χ2n) is 6.10. The summed E-state index contributed by atoms with van der Waals surface area (Å²) < 4.78 is 0. The molecule has 1 aromatic carbocycles. The van der Waals surface area contributed by atoms with E-state index in [9.17, 15) is 4.79 Å².